The van der Waals surface area contributed by atoms with Gasteiger partial charge in [0.15, 0.2) is 6.23 Å². The Morgan fingerprint density at radius 2 is 1.75 bits per heavy atom. The quantitative estimate of drug-likeness (QED) is 0.497. The van der Waals surface area contributed by atoms with Crippen LogP contribution in [0.15, 0.2) is 24.3 Å². The number of rotatable bonds is 4. The molecule has 32 heavy (non-hydrogen) atoms. The highest BCUT2D eigenvalue weighted by Gasteiger charge is 2.43. The number of urea groups is 1. The first-order chi connectivity index (χ1) is 15.1. The normalized spacial score (nSPS) is 21.2. The third-order valence-electron chi connectivity index (χ3n) is 5.69. The van der Waals surface area contributed by atoms with Crippen molar-refractivity contribution in [1.29, 1.82) is 0 Å². The SMILES string of the molecule is CN(C)C(=O)N1CCN(S(=O)(=O)N2CCC(c3ccc(F)cc3)CC2)[C@H](OC(=O)NO)C1. The van der Waals surface area contributed by atoms with E-state index in [0.717, 1.165) is 9.87 Å². The van der Waals surface area contributed by atoms with Gasteiger partial charge >= 0.3 is 12.1 Å². The molecule has 1 atom stereocenters. The number of hydrogen-bond donors (Lipinski definition) is 2. The molecule has 2 aliphatic rings. The van der Waals surface area contributed by atoms with Crippen molar-refractivity contribution in [2.24, 2.45) is 0 Å². The molecule has 0 aromatic heterocycles. The largest absolute Gasteiger partial charge is 0.432 e. The van der Waals surface area contributed by atoms with Crippen molar-refractivity contribution in [2.75, 3.05) is 46.8 Å². The number of hydrogen-bond acceptors (Lipinski definition) is 6. The highest BCUT2D eigenvalue weighted by atomic mass is 32.2. The summed E-state index contributed by atoms with van der Waals surface area (Å²) >= 11 is 0. The van der Waals surface area contributed by atoms with Crippen molar-refractivity contribution in [1.82, 2.24) is 23.9 Å². The predicted octanol–water partition coefficient (Wildman–Crippen LogP) is 0.991. The molecular formula is C19H28FN5O6S. The van der Waals surface area contributed by atoms with E-state index in [1.54, 1.807) is 26.2 Å². The molecule has 3 amide bonds. The number of piperidine rings is 1. The summed E-state index contributed by atoms with van der Waals surface area (Å²) in [5, 5.41) is 8.81. The summed E-state index contributed by atoms with van der Waals surface area (Å²) in [6.45, 7) is 0.391. The molecule has 178 valence electrons. The number of halogens is 1. The molecule has 0 unspecified atom stereocenters. The van der Waals surface area contributed by atoms with Crippen LogP contribution in [-0.2, 0) is 14.9 Å². The molecule has 1 aromatic carbocycles. The third-order valence-corrected chi connectivity index (χ3v) is 7.72. The van der Waals surface area contributed by atoms with Gasteiger partial charge in [0, 0.05) is 40.3 Å². The average Bonchev–Trinajstić information content (AvgIpc) is 2.78. The Balaban J connectivity index is 1.71. The molecular weight excluding hydrogens is 445 g/mol. The molecule has 2 heterocycles. The molecule has 0 spiro atoms. The Morgan fingerprint density at radius 1 is 1.12 bits per heavy atom. The van der Waals surface area contributed by atoms with Crippen molar-refractivity contribution < 1.29 is 32.3 Å². The Labute approximate surface area is 186 Å². The molecule has 2 aliphatic heterocycles. The first-order valence-electron chi connectivity index (χ1n) is 10.2. The summed E-state index contributed by atoms with van der Waals surface area (Å²) in [5.74, 6) is -0.206. The average molecular weight is 474 g/mol. The summed E-state index contributed by atoms with van der Waals surface area (Å²) in [6.07, 6.45) is -1.39. The third kappa shape index (κ3) is 5.28. The molecule has 2 saturated heterocycles. The van der Waals surface area contributed by atoms with Crippen LogP contribution in [0, 0.1) is 5.82 Å². The molecule has 11 nitrogen and oxygen atoms in total. The van der Waals surface area contributed by atoms with E-state index in [1.165, 1.54) is 31.7 Å². The zero-order valence-corrected chi connectivity index (χ0v) is 18.8. The fourth-order valence-corrected chi connectivity index (χ4v) is 5.69. The Kier molecular flexibility index (Phi) is 7.54. The van der Waals surface area contributed by atoms with E-state index in [-0.39, 0.29) is 50.5 Å². The van der Waals surface area contributed by atoms with Gasteiger partial charge in [-0.2, -0.15) is 12.7 Å². The van der Waals surface area contributed by atoms with Crippen molar-refractivity contribution >= 4 is 22.3 Å². The lowest BCUT2D eigenvalue weighted by Crippen LogP contribution is -2.62. The van der Waals surface area contributed by atoms with Gasteiger partial charge in [-0.1, -0.05) is 12.1 Å². The maximum atomic E-state index is 13.3. The number of ether oxygens (including phenoxy) is 1. The maximum absolute atomic E-state index is 13.3. The predicted molar refractivity (Wildman–Crippen MR) is 111 cm³/mol. The molecule has 1 aromatic rings. The number of carbonyl (C=O) groups is 2. The van der Waals surface area contributed by atoms with Gasteiger partial charge in [0.05, 0.1) is 6.54 Å². The van der Waals surface area contributed by atoms with Crippen molar-refractivity contribution in [3.8, 4) is 0 Å². The second-order valence-corrected chi connectivity index (χ2v) is 9.82. The highest BCUT2D eigenvalue weighted by molar-refractivity contribution is 7.86. The van der Waals surface area contributed by atoms with E-state index >= 15 is 0 Å². The van der Waals surface area contributed by atoms with Crippen LogP contribution in [0.3, 0.4) is 0 Å². The smallest absolute Gasteiger partial charge is 0.426 e. The van der Waals surface area contributed by atoms with E-state index in [4.69, 9.17) is 9.94 Å². The minimum Gasteiger partial charge on any atom is -0.426 e. The van der Waals surface area contributed by atoms with Crippen LogP contribution >= 0.6 is 0 Å². The molecule has 0 aliphatic carbocycles. The van der Waals surface area contributed by atoms with Gasteiger partial charge < -0.3 is 14.5 Å². The van der Waals surface area contributed by atoms with Crippen molar-refractivity contribution in [2.45, 2.75) is 25.0 Å². The first-order valence-corrected chi connectivity index (χ1v) is 11.6. The van der Waals surface area contributed by atoms with Crippen LogP contribution < -0.4 is 5.48 Å². The molecule has 0 bridgehead atoms. The number of carbonyl (C=O) groups excluding carboxylic acids is 2. The second kappa shape index (κ2) is 9.98. The Morgan fingerprint density at radius 3 is 2.31 bits per heavy atom. The van der Waals surface area contributed by atoms with Gasteiger partial charge in [-0.3, -0.25) is 5.21 Å². The summed E-state index contributed by atoms with van der Waals surface area (Å²) in [6, 6.07) is 5.85. The van der Waals surface area contributed by atoms with Gasteiger partial charge in [0.1, 0.15) is 5.82 Å². The monoisotopic (exact) mass is 473 g/mol. The van der Waals surface area contributed by atoms with E-state index in [0.29, 0.717) is 12.8 Å². The minimum atomic E-state index is -4.00. The lowest BCUT2D eigenvalue weighted by atomic mass is 9.90. The molecule has 2 fully saturated rings. The Bertz CT molecular complexity index is 921. The van der Waals surface area contributed by atoms with Gasteiger partial charge in [0.25, 0.3) is 10.2 Å². The zero-order chi connectivity index (χ0) is 23.5. The first kappa shape index (κ1) is 24.2. The molecule has 13 heteroatoms. The zero-order valence-electron chi connectivity index (χ0n) is 18.0. The van der Waals surface area contributed by atoms with Crippen LogP contribution in [0.25, 0.3) is 0 Å². The lowest BCUT2D eigenvalue weighted by Gasteiger charge is -2.42. The van der Waals surface area contributed by atoms with E-state index in [9.17, 15) is 22.4 Å². The summed E-state index contributed by atoms with van der Waals surface area (Å²) in [4.78, 5) is 26.6. The van der Waals surface area contributed by atoms with E-state index < -0.39 is 22.5 Å². The molecule has 2 N–H and O–H groups in total. The second-order valence-electron chi connectivity index (χ2n) is 7.94. The highest BCUT2D eigenvalue weighted by Crippen LogP contribution is 2.31. The minimum absolute atomic E-state index is 0.0663. The van der Waals surface area contributed by atoms with Crippen LogP contribution in [-0.4, -0.2) is 97.2 Å². The number of nitrogens with one attached hydrogen (secondary N) is 1. The van der Waals surface area contributed by atoms with Gasteiger partial charge in [-0.25, -0.2) is 19.5 Å². The number of hydroxylamine groups is 1. The van der Waals surface area contributed by atoms with Gasteiger partial charge in [-0.15, -0.1) is 4.31 Å². The van der Waals surface area contributed by atoms with Crippen LogP contribution in [0.2, 0.25) is 0 Å². The number of benzene rings is 1. The van der Waals surface area contributed by atoms with Crippen LogP contribution in [0.5, 0.6) is 0 Å². The number of piperazine rings is 1. The summed E-state index contributed by atoms with van der Waals surface area (Å²) < 4.78 is 47.3. The van der Waals surface area contributed by atoms with Crippen molar-refractivity contribution in [3.63, 3.8) is 0 Å². The molecule has 0 saturated carbocycles. The fraction of sp³-hybridized carbons (Fsp3) is 0.579. The van der Waals surface area contributed by atoms with Gasteiger partial charge in [-0.05, 0) is 36.5 Å². The maximum Gasteiger partial charge on any atom is 0.432 e. The van der Waals surface area contributed by atoms with Crippen LogP contribution in [0.4, 0.5) is 14.0 Å². The Hall–Kier alpha value is -2.48. The van der Waals surface area contributed by atoms with Crippen molar-refractivity contribution in [3.05, 3.63) is 35.6 Å². The van der Waals surface area contributed by atoms with Crippen LogP contribution in [0.1, 0.15) is 24.3 Å². The summed E-state index contributed by atoms with van der Waals surface area (Å²) in [5.41, 5.74) is 2.28. The standard InChI is InChI=1S/C19H28FN5O6S/c1-22(2)19(27)23-11-12-25(17(13-23)31-18(26)21-28)32(29,30)24-9-7-15(8-10-24)14-3-5-16(20)6-4-14/h3-6,15,17,28H,7-13H2,1-2H3,(H,21,26)/t17-/m1/s1. The lowest BCUT2D eigenvalue weighted by molar-refractivity contribution is -0.0290. The van der Waals surface area contributed by atoms with E-state index in [1.807, 2.05) is 0 Å². The molecule has 0 radical (unpaired) electrons. The molecule has 3 rings (SSSR count). The van der Waals surface area contributed by atoms with E-state index in [2.05, 4.69) is 0 Å². The number of amides is 3. The topological polar surface area (TPSA) is 123 Å². The van der Waals surface area contributed by atoms with Gasteiger partial charge in [0.2, 0.25) is 0 Å². The number of nitrogens with zero attached hydrogens (tertiary/aromatic N) is 4. The summed E-state index contributed by atoms with van der Waals surface area (Å²) in [7, 11) is -0.876. The fourth-order valence-electron chi connectivity index (χ4n) is 4.00.